The maximum absolute atomic E-state index is 14.5. The summed E-state index contributed by atoms with van der Waals surface area (Å²) in [4.78, 5) is 66.6. The van der Waals surface area contributed by atoms with E-state index in [0.717, 1.165) is 0 Å². The molecule has 2 N–H and O–H groups in total. The van der Waals surface area contributed by atoms with Gasteiger partial charge in [-0.15, -0.1) is 0 Å². The predicted octanol–water partition coefficient (Wildman–Crippen LogP) is 3.84. The van der Waals surface area contributed by atoms with Crippen LogP contribution in [0, 0.1) is 0 Å². The quantitative estimate of drug-likeness (QED) is 0.160. The summed E-state index contributed by atoms with van der Waals surface area (Å²) in [6, 6.07) is 11.7. The van der Waals surface area contributed by atoms with E-state index in [1.54, 1.807) is 55.5 Å². The van der Waals surface area contributed by atoms with Crippen LogP contribution in [-0.2, 0) is 19.1 Å². The molecule has 0 fully saturated rings. The molecule has 0 heterocycles. The summed E-state index contributed by atoms with van der Waals surface area (Å²) < 4.78 is 7.18. The Morgan fingerprint density at radius 2 is 1.51 bits per heavy atom. The fourth-order valence-electron chi connectivity index (χ4n) is 6.19. The third-order valence-corrected chi connectivity index (χ3v) is 8.55. The second-order valence-corrected chi connectivity index (χ2v) is 12.1. The molecule has 0 spiro atoms. The topological polar surface area (TPSA) is 148 Å². The summed E-state index contributed by atoms with van der Waals surface area (Å²) in [5, 5.41) is 21.1. The van der Waals surface area contributed by atoms with Gasteiger partial charge < -0.3 is 25.4 Å². The monoisotopic (exact) mass is 662 g/mol. The first-order valence-electron chi connectivity index (χ1n) is 15.9. The lowest BCUT2D eigenvalue weighted by Gasteiger charge is -2.36. The molecule has 3 aromatic rings. The number of ketones is 2. The van der Waals surface area contributed by atoms with Crippen LogP contribution in [0.1, 0.15) is 72.0 Å². The number of benzene rings is 3. The van der Waals surface area contributed by atoms with Gasteiger partial charge in [0.1, 0.15) is 13.6 Å². The summed E-state index contributed by atoms with van der Waals surface area (Å²) in [5.74, 6) is -2.87. The van der Waals surface area contributed by atoms with Gasteiger partial charge in [-0.05, 0) is 62.1 Å². The molecule has 0 atom stereocenters. The average molecular weight is 663 g/mol. The number of esters is 1. The van der Waals surface area contributed by atoms with Gasteiger partial charge in [-0.2, -0.15) is 0 Å². The second-order valence-electron chi connectivity index (χ2n) is 12.1. The minimum absolute atomic E-state index is 0.148. The van der Waals surface area contributed by atoms with E-state index < -0.39 is 29.3 Å². The van der Waals surface area contributed by atoms with Gasteiger partial charge in [0, 0.05) is 72.9 Å². The lowest BCUT2D eigenvalue weighted by atomic mass is 9.74. The Hall–Kier alpha value is -5.84. The summed E-state index contributed by atoms with van der Waals surface area (Å²) in [7, 11) is 5.51. The minimum atomic E-state index is -0.616. The van der Waals surface area contributed by atoms with Crippen LogP contribution >= 0.6 is 0 Å². The highest BCUT2D eigenvalue weighted by Gasteiger charge is 2.39. The zero-order valence-corrected chi connectivity index (χ0v) is 28.8. The smallest absolute Gasteiger partial charge is 0.338 e. The molecule has 2 aliphatic rings. The Balaban J connectivity index is 1.90. The zero-order chi connectivity index (χ0) is 35.9. The molecule has 3 aromatic carbocycles. The summed E-state index contributed by atoms with van der Waals surface area (Å²) in [6.45, 7) is 8.46. The van der Waals surface area contributed by atoms with Crippen LogP contribution in [0.15, 0.2) is 65.6 Å². The first kappa shape index (κ1) is 34.5. The van der Waals surface area contributed by atoms with E-state index in [1.807, 2.05) is 37.5 Å². The zero-order valence-electron chi connectivity index (χ0n) is 28.8. The molecule has 2 amide bonds. The number of hydrogen-bond donors (Lipinski definition) is 2. The maximum Gasteiger partial charge on any atom is 0.338 e. The number of amides is 2. The van der Waals surface area contributed by atoms with Crippen molar-refractivity contribution in [2.24, 2.45) is 0 Å². The molecule has 0 saturated carbocycles. The molecular weight excluding hydrogens is 624 g/mol. The third-order valence-electron chi connectivity index (χ3n) is 8.55. The highest BCUT2D eigenvalue weighted by molar-refractivity contribution is 6.44. The molecular formula is C38H38N4O7. The molecule has 2 aliphatic carbocycles. The van der Waals surface area contributed by atoms with Crippen molar-refractivity contribution < 1.29 is 38.4 Å². The molecule has 0 aromatic heterocycles. The fourth-order valence-corrected chi connectivity index (χ4v) is 6.19. The number of carbonyl (C=O) groups is 5. The number of carbonyl (C=O) groups excluding carboxylic acids is 5. The van der Waals surface area contributed by atoms with Gasteiger partial charge >= 0.3 is 5.97 Å². The van der Waals surface area contributed by atoms with Gasteiger partial charge in [0.15, 0.2) is 11.6 Å². The Kier molecular flexibility index (Phi) is 9.39. The van der Waals surface area contributed by atoms with Crippen LogP contribution in [0.25, 0.3) is 21.9 Å². The number of ether oxygens (including phenoxy) is 1. The highest BCUT2D eigenvalue weighted by atomic mass is 16.5. The van der Waals surface area contributed by atoms with Gasteiger partial charge in [-0.25, -0.2) is 9.37 Å². The van der Waals surface area contributed by atoms with Crippen molar-refractivity contribution in [1.82, 2.24) is 5.32 Å². The van der Waals surface area contributed by atoms with E-state index >= 15 is 0 Å². The predicted molar refractivity (Wildman–Crippen MR) is 187 cm³/mol. The molecule has 11 nitrogen and oxygen atoms in total. The first-order chi connectivity index (χ1) is 23.2. The van der Waals surface area contributed by atoms with Crippen LogP contribution in [0.3, 0.4) is 0 Å². The van der Waals surface area contributed by atoms with Gasteiger partial charge in [-0.1, -0.05) is 17.9 Å². The van der Waals surface area contributed by atoms with Gasteiger partial charge in [0.2, 0.25) is 17.5 Å². The third kappa shape index (κ3) is 6.15. The van der Waals surface area contributed by atoms with E-state index in [2.05, 4.69) is 10.6 Å². The van der Waals surface area contributed by atoms with Crippen molar-refractivity contribution in [3.05, 3.63) is 93.4 Å². The second kappa shape index (κ2) is 13.3. The number of rotatable bonds is 8. The van der Waals surface area contributed by atoms with E-state index in [0.29, 0.717) is 45.4 Å². The standard InChI is InChI=1S/C38H38N4O7/c1-9-42(8)31-18-29(40-21(5)45)33(27-16-23(12-14-25(27)31)38(48)49-10-2)35-36(46)34(37(35)47)32-26-15-22(19(3)43)11-13-24(26)30(41(6)7)17-28(32)39-20(4)44/h11-18H,9-10H2,1-8H3,(H2,39,40,43,44,45,46,47,48). The van der Waals surface area contributed by atoms with Crippen molar-refractivity contribution in [3.63, 3.8) is 0 Å². The first-order valence-corrected chi connectivity index (χ1v) is 15.9. The number of anilines is 2. The van der Waals surface area contributed by atoms with Crippen molar-refractivity contribution in [2.75, 3.05) is 44.5 Å². The molecule has 0 unspecified atom stereocenters. The molecule has 11 heteroatoms. The van der Waals surface area contributed by atoms with Crippen molar-refractivity contribution in [1.29, 1.82) is 0 Å². The fraction of sp³-hybridized carbons (Fsp3) is 0.263. The van der Waals surface area contributed by atoms with Crippen LogP contribution in [0.5, 0.6) is 0 Å². The SMILES string of the molecule is CCOC(=O)c1ccc2c(c1)/C(=C1\C(=O)C(c3c(NC(C)=O)cc(N(C)C)c4ccc(C(C)=O)cc34)=C1[O-])C(NC(C)=O)=C/C2=[N+](/C)CC. The van der Waals surface area contributed by atoms with E-state index in [1.165, 1.54) is 20.8 Å². The number of allylic oxidation sites excluding steroid dienone is 4. The maximum atomic E-state index is 14.5. The molecule has 5 rings (SSSR count). The van der Waals surface area contributed by atoms with Crippen LogP contribution in [-0.4, -0.2) is 73.9 Å². The summed E-state index contributed by atoms with van der Waals surface area (Å²) in [6.07, 6.45) is 1.71. The largest absolute Gasteiger partial charge is 0.871 e. The average Bonchev–Trinajstić information content (AvgIpc) is 3.05. The molecule has 49 heavy (non-hydrogen) atoms. The molecule has 0 aliphatic heterocycles. The van der Waals surface area contributed by atoms with Crippen LogP contribution in [0.2, 0.25) is 0 Å². The molecule has 0 saturated heterocycles. The lowest BCUT2D eigenvalue weighted by molar-refractivity contribution is -0.492. The van der Waals surface area contributed by atoms with Gasteiger partial charge in [-0.3, -0.25) is 19.2 Å². The molecule has 0 bridgehead atoms. The minimum Gasteiger partial charge on any atom is -0.871 e. The Labute approximate surface area is 284 Å². The Bertz CT molecular complexity index is 2130. The highest BCUT2D eigenvalue weighted by Crippen LogP contribution is 2.48. The Morgan fingerprint density at radius 3 is 2.08 bits per heavy atom. The Morgan fingerprint density at radius 1 is 0.837 bits per heavy atom. The molecule has 0 radical (unpaired) electrons. The number of hydrogen-bond acceptors (Lipinski definition) is 8. The molecule has 252 valence electrons. The number of nitrogens with zero attached hydrogens (tertiary/aromatic N) is 2. The van der Waals surface area contributed by atoms with Crippen molar-refractivity contribution >= 4 is 68.4 Å². The van der Waals surface area contributed by atoms with Crippen molar-refractivity contribution in [2.45, 2.75) is 34.6 Å². The summed E-state index contributed by atoms with van der Waals surface area (Å²) >= 11 is 0. The van der Waals surface area contributed by atoms with Gasteiger partial charge in [0.25, 0.3) is 0 Å². The van der Waals surface area contributed by atoms with E-state index in [4.69, 9.17) is 4.74 Å². The van der Waals surface area contributed by atoms with Gasteiger partial charge in [0.05, 0.1) is 29.1 Å². The number of Topliss-reactive ketones (excluding diaryl/α,β-unsaturated/α-hetero) is 2. The number of nitrogens with one attached hydrogen (secondary N) is 2. The van der Waals surface area contributed by atoms with Crippen LogP contribution < -0.4 is 20.6 Å². The lowest BCUT2D eigenvalue weighted by Crippen LogP contribution is -2.35. The van der Waals surface area contributed by atoms with Crippen molar-refractivity contribution in [3.8, 4) is 0 Å². The number of fused-ring (bicyclic) bond motifs is 2. The van der Waals surface area contributed by atoms with E-state index in [-0.39, 0.29) is 51.6 Å². The summed E-state index contributed by atoms with van der Waals surface area (Å²) in [5.41, 5.74) is 3.48. The van der Waals surface area contributed by atoms with E-state index in [9.17, 15) is 29.1 Å². The normalized spacial score (nSPS) is 16.4. The van der Waals surface area contributed by atoms with Crippen LogP contribution in [0.4, 0.5) is 11.4 Å².